The molecule has 1 amide bonds. The van der Waals surface area contributed by atoms with Gasteiger partial charge in [0.1, 0.15) is 0 Å². The number of nitrogens with two attached hydrogens (primary N) is 1. The van der Waals surface area contributed by atoms with E-state index in [2.05, 4.69) is 0 Å². The number of carbonyl (C=O) groups is 1. The van der Waals surface area contributed by atoms with Crippen LogP contribution in [0.15, 0.2) is 42.5 Å². The Bertz CT molecular complexity index is 657. The number of hydrogen-bond donors (Lipinski definition) is 2. The molecule has 3 rings (SSSR count). The van der Waals surface area contributed by atoms with Crippen LogP contribution >= 0.6 is 0 Å². The second-order valence-electron chi connectivity index (χ2n) is 4.52. The minimum atomic E-state index is -0.832. The average Bonchev–Trinajstić information content (AvgIpc) is 2.80. The fourth-order valence-electron chi connectivity index (χ4n) is 2.26. The van der Waals surface area contributed by atoms with Gasteiger partial charge in [-0.15, -0.1) is 0 Å². The van der Waals surface area contributed by atoms with Crippen LogP contribution in [0.4, 0.5) is 0 Å². The van der Waals surface area contributed by atoms with E-state index in [9.17, 15) is 9.82 Å². The molecule has 5 heteroatoms. The van der Waals surface area contributed by atoms with Crippen molar-refractivity contribution >= 4 is 18.5 Å². The summed E-state index contributed by atoms with van der Waals surface area (Å²) in [5.41, 5.74) is 9.41. The van der Waals surface area contributed by atoms with Crippen LogP contribution in [0.25, 0.3) is 11.1 Å². The molecular weight excluding hydrogens is 241 g/mol. The van der Waals surface area contributed by atoms with Crippen LogP contribution in [-0.4, -0.2) is 18.0 Å². The van der Waals surface area contributed by atoms with Crippen LogP contribution in [0.2, 0.25) is 0 Å². The first-order valence-electron chi connectivity index (χ1n) is 5.98. The van der Waals surface area contributed by atoms with E-state index < -0.39 is 13.0 Å². The Morgan fingerprint density at radius 1 is 1.21 bits per heavy atom. The molecule has 0 fully saturated rings. The highest BCUT2D eigenvalue weighted by Crippen LogP contribution is 2.23. The number of carbonyl (C=O) groups excluding carboxylic acids is 1. The maximum atomic E-state index is 11.2. The summed E-state index contributed by atoms with van der Waals surface area (Å²) in [6.07, 6.45) is 0. The van der Waals surface area contributed by atoms with Crippen molar-refractivity contribution in [2.24, 2.45) is 5.73 Å². The van der Waals surface area contributed by atoms with E-state index in [0.29, 0.717) is 12.2 Å². The summed E-state index contributed by atoms with van der Waals surface area (Å²) in [7, 11) is -0.832. The van der Waals surface area contributed by atoms with E-state index in [4.69, 9.17) is 10.4 Å². The van der Waals surface area contributed by atoms with Gasteiger partial charge in [0.05, 0.1) is 6.61 Å². The molecule has 19 heavy (non-hydrogen) atoms. The Kier molecular flexibility index (Phi) is 2.85. The molecule has 0 saturated heterocycles. The van der Waals surface area contributed by atoms with Gasteiger partial charge in [0.25, 0.3) is 0 Å². The van der Waals surface area contributed by atoms with E-state index in [1.807, 2.05) is 24.3 Å². The number of fused-ring (bicyclic) bond motifs is 1. The van der Waals surface area contributed by atoms with Crippen molar-refractivity contribution in [3.05, 3.63) is 53.6 Å². The molecule has 4 nitrogen and oxygen atoms in total. The number of rotatable bonds is 2. The van der Waals surface area contributed by atoms with Gasteiger partial charge in [-0.3, -0.25) is 4.79 Å². The summed E-state index contributed by atoms with van der Waals surface area (Å²) in [6.45, 7) is 0.403. The Labute approximate surface area is 111 Å². The molecule has 2 aromatic carbocycles. The number of benzene rings is 2. The summed E-state index contributed by atoms with van der Waals surface area (Å²) < 4.78 is 5.16. The second kappa shape index (κ2) is 4.53. The van der Waals surface area contributed by atoms with Gasteiger partial charge < -0.3 is 15.4 Å². The molecule has 0 atom stereocenters. The van der Waals surface area contributed by atoms with E-state index in [1.165, 1.54) is 0 Å². The molecule has 3 N–H and O–H groups in total. The quantitative estimate of drug-likeness (QED) is 0.772. The lowest BCUT2D eigenvalue weighted by atomic mass is 9.79. The van der Waals surface area contributed by atoms with Crippen LogP contribution in [0.5, 0.6) is 0 Å². The van der Waals surface area contributed by atoms with Gasteiger partial charge in [0.15, 0.2) is 0 Å². The largest absolute Gasteiger partial charge is 0.491 e. The minimum absolute atomic E-state index is 0.403. The molecule has 0 bridgehead atoms. The predicted octanol–water partition coefficient (Wildman–Crippen LogP) is 0.670. The first-order chi connectivity index (χ1) is 9.15. The average molecular weight is 253 g/mol. The van der Waals surface area contributed by atoms with Crippen molar-refractivity contribution in [2.45, 2.75) is 6.61 Å². The van der Waals surface area contributed by atoms with Crippen molar-refractivity contribution in [3.8, 4) is 11.1 Å². The zero-order valence-corrected chi connectivity index (χ0v) is 10.2. The van der Waals surface area contributed by atoms with Gasteiger partial charge in [-0.05, 0) is 40.4 Å². The maximum Gasteiger partial charge on any atom is 0.491 e. The highest BCUT2D eigenvalue weighted by Gasteiger charge is 2.27. The molecule has 0 aromatic heterocycles. The molecule has 94 valence electrons. The van der Waals surface area contributed by atoms with Crippen molar-refractivity contribution in [1.29, 1.82) is 0 Å². The normalized spacial score (nSPS) is 13.4. The topological polar surface area (TPSA) is 72.6 Å². The SMILES string of the molecule is NC(=O)c1cccc(-c2ccc3c(c2)COB3O)c1. The lowest BCUT2D eigenvalue weighted by Gasteiger charge is -2.06. The van der Waals surface area contributed by atoms with Gasteiger partial charge in [-0.1, -0.05) is 24.3 Å². The Balaban J connectivity index is 2.03. The van der Waals surface area contributed by atoms with Crippen LogP contribution < -0.4 is 11.2 Å². The Morgan fingerprint density at radius 2 is 2.00 bits per heavy atom. The maximum absolute atomic E-state index is 11.2. The third kappa shape index (κ3) is 2.14. The summed E-state index contributed by atoms with van der Waals surface area (Å²) in [5.74, 6) is -0.443. The smallest absolute Gasteiger partial charge is 0.423 e. The van der Waals surface area contributed by atoms with Gasteiger partial charge in [0, 0.05) is 5.56 Å². The van der Waals surface area contributed by atoms with E-state index in [0.717, 1.165) is 22.2 Å². The van der Waals surface area contributed by atoms with Gasteiger partial charge in [0.2, 0.25) is 5.91 Å². The summed E-state index contributed by atoms with van der Waals surface area (Å²) in [4.78, 5) is 11.2. The lowest BCUT2D eigenvalue weighted by Crippen LogP contribution is -2.27. The molecule has 1 heterocycles. The molecule has 0 unspecified atom stereocenters. The van der Waals surface area contributed by atoms with Gasteiger partial charge in [-0.25, -0.2) is 0 Å². The monoisotopic (exact) mass is 253 g/mol. The summed E-state index contributed by atoms with van der Waals surface area (Å²) in [5, 5.41) is 9.58. The minimum Gasteiger partial charge on any atom is -0.423 e. The summed E-state index contributed by atoms with van der Waals surface area (Å²) in [6, 6.07) is 12.9. The molecule has 0 saturated carbocycles. The van der Waals surface area contributed by atoms with Crippen LogP contribution in [0, 0.1) is 0 Å². The second-order valence-corrected chi connectivity index (χ2v) is 4.52. The van der Waals surface area contributed by atoms with E-state index >= 15 is 0 Å². The van der Waals surface area contributed by atoms with E-state index in [1.54, 1.807) is 18.2 Å². The lowest BCUT2D eigenvalue weighted by molar-refractivity contribution is 0.100. The van der Waals surface area contributed by atoms with E-state index in [-0.39, 0.29) is 0 Å². The summed E-state index contributed by atoms with van der Waals surface area (Å²) >= 11 is 0. The van der Waals surface area contributed by atoms with Crippen LogP contribution in [-0.2, 0) is 11.3 Å². The molecular formula is C14H12BNO3. The zero-order chi connectivity index (χ0) is 13.4. The van der Waals surface area contributed by atoms with Crippen LogP contribution in [0.1, 0.15) is 15.9 Å². The predicted molar refractivity (Wildman–Crippen MR) is 72.8 cm³/mol. The highest BCUT2D eigenvalue weighted by molar-refractivity contribution is 6.61. The first-order valence-corrected chi connectivity index (χ1v) is 5.98. The standard InChI is InChI=1S/C14H12BNO3/c16-14(17)11-3-1-2-9(6-11)10-4-5-13-12(7-10)8-19-15(13)18/h1-7,18H,8H2,(H2,16,17). The zero-order valence-electron chi connectivity index (χ0n) is 10.2. The first kappa shape index (κ1) is 12.0. The fraction of sp³-hybridized carbons (Fsp3) is 0.0714. The number of hydrogen-bond acceptors (Lipinski definition) is 3. The molecule has 0 radical (unpaired) electrons. The van der Waals surface area contributed by atoms with Crippen molar-refractivity contribution in [2.75, 3.05) is 0 Å². The number of primary amides is 1. The molecule has 0 spiro atoms. The van der Waals surface area contributed by atoms with Crippen molar-refractivity contribution < 1.29 is 14.5 Å². The molecule has 1 aliphatic rings. The van der Waals surface area contributed by atoms with Crippen molar-refractivity contribution in [1.82, 2.24) is 0 Å². The van der Waals surface area contributed by atoms with Gasteiger partial charge in [-0.2, -0.15) is 0 Å². The van der Waals surface area contributed by atoms with Crippen LogP contribution in [0.3, 0.4) is 0 Å². The van der Waals surface area contributed by atoms with Gasteiger partial charge >= 0.3 is 7.12 Å². The number of amides is 1. The third-order valence-corrected chi connectivity index (χ3v) is 3.29. The Hall–Kier alpha value is -2.11. The Morgan fingerprint density at radius 3 is 2.79 bits per heavy atom. The molecule has 2 aromatic rings. The fourth-order valence-corrected chi connectivity index (χ4v) is 2.26. The third-order valence-electron chi connectivity index (χ3n) is 3.29. The van der Waals surface area contributed by atoms with Crippen molar-refractivity contribution in [3.63, 3.8) is 0 Å². The highest BCUT2D eigenvalue weighted by atomic mass is 16.5. The molecule has 0 aliphatic carbocycles. The molecule has 1 aliphatic heterocycles.